The van der Waals surface area contributed by atoms with E-state index < -0.39 is 11.9 Å². The van der Waals surface area contributed by atoms with Gasteiger partial charge in [0.2, 0.25) is 11.8 Å². The van der Waals surface area contributed by atoms with E-state index in [2.05, 4.69) is 16.7 Å². The fourth-order valence-corrected chi connectivity index (χ4v) is 5.78. The van der Waals surface area contributed by atoms with Gasteiger partial charge in [0, 0.05) is 37.0 Å². The Kier molecular flexibility index (Phi) is 5.52. The minimum Gasteiger partial charge on any atom is -0.383 e. The number of piperidine rings is 1. The Labute approximate surface area is 208 Å². The van der Waals surface area contributed by atoms with Gasteiger partial charge < -0.3 is 15.0 Å². The van der Waals surface area contributed by atoms with Crippen LogP contribution in [0.25, 0.3) is 0 Å². The predicted octanol–water partition coefficient (Wildman–Crippen LogP) is 2.93. The van der Waals surface area contributed by atoms with Crippen LogP contribution >= 0.6 is 0 Å². The third-order valence-corrected chi connectivity index (χ3v) is 7.62. The van der Waals surface area contributed by atoms with Gasteiger partial charge in [0.15, 0.2) is 0 Å². The summed E-state index contributed by atoms with van der Waals surface area (Å²) in [5.74, 6) is -0.403. The second-order valence-corrected chi connectivity index (χ2v) is 10.0. The molecule has 2 unspecified atom stereocenters. The average molecular weight is 489 g/mol. The van der Waals surface area contributed by atoms with E-state index >= 15 is 0 Å². The summed E-state index contributed by atoms with van der Waals surface area (Å²) >= 11 is 0. The van der Waals surface area contributed by atoms with Gasteiger partial charge in [-0.1, -0.05) is 12.1 Å². The number of nitrogens with one attached hydrogen (secondary N) is 2. The van der Waals surface area contributed by atoms with Crippen LogP contribution in [-0.4, -0.2) is 54.5 Å². The summed E-state index contributed by atoms with van der Waals surface area (Å²) in [6.07, 6.45) is 3.68. The third-order valence-electron chi connectivity index (χ3n) is 7.62. The Balaban J connectivity index is 1.22. The highest BCUT2D eigenvalue weighted by molar-refractivity contribution is 6.07. The maximum absolute atomic E-state index is 13.5. The molecule has 2 N–H and O–H groups in total. The Morgan fingerprint density at radius 2 is 1.97 bits per heavy atom. The lowest BCUT2D eigenvalue weighted by molar-refractivity contribution is -0.136. The second-order valence-electron chi connectivity index (χ2n) is 10.0. The first-order valence-corrected chi connectivity index (χ1v) is 12.4. The summed E-state index contributed by atoms with van der Waals surface area (Å²) in [6, 6.07) is 10.4. The fourth-order valence-electron chi connectivity index (χ4n) is 5.78. The molecule has 9 heteroatoms. The maximum Gasteiger partial charge on any atom is 0.326 e. The Hall–Kier alpha value is -3.72. The molecule has 2 aromatic rings. The number of carbonyl (C=O) groups excluding carboxylic acids is 4. The summed E-state index contributed by atoms with van der Waals surface area (Å²) in [6.45, 7) is 0.694. The van der Waals surface area contributed by atoms with Gasteiger partial charge >= 0.3 is 6.03 Å². The normalized spacial score (nSPS) is 23.0. The molecule has 0 aromatic heterocycles. The van der Waals surface area contributed by atoms with Crippen LogP contribution in [-0.2, 0) is 27.3 Å². The van der Waals surface area contributed by atoms with Crippen molar-refractivity contribution in [3.63, 3.8) is 0 Å². The molecule has 9 nitrogen and oxygen atoms in total. The molecule has 2 atom stereocenters. The summed E-state index contributed by atoms with van der Waals surface area (Å²) in [5, 5.41) is 5.32. The van der Waals surface area contributed by atoms with Crippen LogP contribution < -0.4 is 15.5 Å². The van der Waals surface area contributed by atoms with E-state index in [1.807, 2.05) is 12.1 Å². The number of urea groups is 1. The third kappa shape index (κ3) is 3.83. The first-order valence-electron chi connectivity index (χ1n) is 12.4. The highest BCUT2D eigenvalue weighted by Gasteiger charge is 2.40. The van der Waals surface area contributed by atoms with Crippen molar-refractivity contribution in [2.45, 2.75) is 56.7 Å². The quantitative estimate of drug-likeness (QED) is 0.630. The zero-order valence-electron chi connectivity index (χ0n) is 20.1. The lowest BCUT2D eigenvalue weighted by Gasteiger charge is -2.29. The van der Waals surface area contributed by atoms with Gasteiger partial charge in [-0.25, -0.2) is 4.79 Å². The number of benzene rings is 2. The first-order chi connectivity index (χ1) is 17.4. The minimum absolute atomic E-state index is 0.0936. The molecular formula is C27H28N4O5. The minimum atomic E-state index is -0.669. The van der Waals surface area contributed by atoms with Crippen LogP contribution in [0, 0.1) is 0 Å². The van der Waals surface area contributed by atoms with Gasteiger partial charge in [0.1, 0.15) is 6.04 Å². The fraction of sp³-hybridized carbons (Fsp3) is 0.407. The highest BCUT2D eigenvalue weighted by Crippen LogP contribution is 2.46. The number of hydrogen-bond donors (Lipinski definition) is 2. The van der Waals surface area contributed by atoms with E-state index in [1.54, 1.807) is 30.2 Å². The van der Waals surface area contributed by atoms with Crippen LogP contribution in [0.1, 0.15) is 58.6 Å². The number of rotatable bonds is 5. The molecule has 186 valence electrons. The van der Waals surface area contributed by atoms with Gasteiger partial charge in [0.25, 0.3) is 5.91 Å². The number of methoxy groups -OCH3 is 1. The smallest absolute Gasteiger partial charge is 0.326 e. The molecule has 2 aromatic carbocycles. The summed E-state index contributed by atoms with van der Waals surface area (Å²) in [7, 11) is 1.65. The number of carbonyl (C=O) groups is 4. The molecule has 1 saturated carbocycles. The number of fused-ring (bicyclic) bond motifs is 2. The largest absolute Gasteiger partial charge is 0.383 e. The number of ether oxygens (including phenoxy) is 1. The van der Waals surface area contributed by atoms with Gasteiger partial charge in [0.05, 0.1) is 12.6 Å². The molecule has 36 heavy (non-hydrogen) atoms. The number of imide groups is 1. The Bertz CT molecular complexity index is 1290. The molecule has 1 saturated heterocycles. The Morgan fingerprint density at radius 1 is 1.14 bits per heavy atom. The number of anilines is 2. The molecule has 3 aliphatic heterocycles. The van der Waals surface area contributed by atoms with Crippen LogP contribution in [0.2, 0.25) is 0 Å². The summed E-state index contributed by atoms with van der Waals surface area (Å²) in [5.41, 5.74) is 5.34. The second kappa shape index (κ2) is 8.74. The molecule has 0 spiro atoms. The van der Waals surface area contributed by atoms with Crippen molar-refractivity contribution in [1.82, 2.24) is 10.2 Å². The summed E-state index contributed by atoms with van der Waals surface area (Å²) < 4.78 is 5.44. The van der Waals surface area contributed by atoms with E-state index in [9.17, 15) is 19.2 Å². The lowest BCUT2D eigenvalue weighted by Crippen LogP contribution is -2.52. The van der Waals surface area contributed by atoms with Crippen molar-refractivity contribution in [3.05, 3.63) is 58.7 Å². The molecular weight excluding hydrogens is 460 g/mol. The van der Waals surface area contributed by atoms with Crippen molar-refractivity contribution in [2.75, 3.05) is 23.9 Å². The zero-order valence-corrected chi connectivity index (χ0v) is 20.1. The van der Waals surface area contributed by atoms with Crippen LogP contribution in [0.3, 0.4) is 0 Å². The van der Waals surface area contributed by atoms with Crippen LogP contribution in [0.4, 0.5) is 16.2 Å². The zero-order chi connectivity index (χ0) is 25.0. The number of nitrogens with zero attached hydrogens (tertiary/aromatic N) is 2. The molecule has 3 heterocycles. The van der Waals surface area contributed by atoms with Crippen molar-refractivity contribution >= 4 is 35.1 Å². The standard InChI is InChI=1S/C27H28N4O5/c1-36-14-18-12-21-19(15-5-6-15)3-2-4-22(21)31(18)27(35)28-17-7-8-20-16(11-17)13-30(26(20)34)23-9-10-24(32)29-25(23)33/h2-4,7-8,11,15,18,23H,5-6,9-10,12-14H2,1H3,(H,28,35)(H,29,32,33). The van der Waals surface area contributed by atoms with Gasteiger partial charge in [-0.2, -0.15) is 0 Å². The number of hydrogen-bond acceptors (Lipinski definition) is 5. The topological polar surface area (TPSA) is 108 Å². The van der Waals surface area contributed by atoms with E-state index in [0.717, 1.165) is 17.7 Å². The van der Waals surface area contributed by atoms with E-state index in [1.165, 1.54) is 28.9 Å². The average Bonchev–Trinajstić information content (AvgIpc) is 3.55. The van der Waals surface area contributed by atoms with Crippen LogP contribution in [0.15, 0.2) is 36.4 Å². The summed E-state index contributed by atoms with van der Waals surface area (Å²) in [4.78, 5) is 53.6. The molecule has 5 amide bonds. The van der Waals surface area contributed by atoms with Gasteiger partial charge in [-0.05, 0) is 72.6 Å². The van der Waals surface area contributed by atoms with Crippen molar-refractivity contribution in [1.29, 1.82) is 0 Å². The SMILES string of the molecule is COCC1Cc2c(C3CC3)cccc2N1C(=O)Nc1ccc2c(c1)CN(C1CCC(=O)NC1=O)C2=O. The van der Waals surface area contributed by atoms with E-state index in [-0.39, 0.29) is 36.9 Å². The predicted molar refractivity (Wildman–Crippen MR) is 132 cm³/mol. The lowest BCUT2D eigenvalue weighted by atomic mass is 10.00. The molecule has 1 aliphatic carbocycles. The van der Waals surface area contributed by atoms with Crippen molar-refractivity contribution < 1.29 is 23.9 Å². The first kappa shape index (κ1) is 22.7. The number of amides is 5. The van der Waals surface area contributed by atoms with Gasteiger partial charge in [-0.3, -0.25) is 24.6 Å². The molecule has 0 bridgehead atoms. The van der Waals surface area contributed by atoms with Gasteiger partial charge in [-0.15, -0.1) is 0 Å². The monoisotopic (exact) mass is 488 g/mol. The van der Waals surface area contributed by atoms with E-state index in [4.69, 9.17) is 4.74 Å². The Morgan fingerprint density at radius 3 is 2.72 bits per heavy atom. The van der Waals surface area contributed by atoms with Crippen molar-refractivity contribution in [2.24, 2.45) is 0 Å². The van der Waals surface area contributed by atoms with Crippen molar-refractivity contribution in [3.8, 4) is 0 Å². The molecule has 4 aliphatic rings. The molecule has 0 radical (unpaired) electrons. The van der Waals surface area contributed by atoms with E-state index in [0.29, 0.717) is 30.2 Å². The maximum atomic E-state index is 13.5. The van der Waals surface area contributed by atoms with Crippen LogP contribution in [0.5, 0.6) is 0 Å². The molecule has 6 rings (SSSR count). The highest BCUT2D eigenvalue weighted by atomic mass is 16.5. The molecule has 2 fully saturated rings.